The summed E-state index contributed by atoms with van der Waals surface area (Å²) in [6, 6.07) is -0.524. The van der Waals surface area contributed by atoms with Crippen molar-refractivity contribution in [1.29, 1.82) is 0 Å². The molecule has 1 atom stereocenters. The van der Waals surface area contributed by atoms with Gasteiger partial charge < -0.3 is 14.8 Å². The number of ether oxygens (including phenoxy) is 2. The lowest BCUT2D eigenvalue weighted by molar-refractivity contribution is -0.135. The lowest BCUT2D eigenvalue weighted by atomic mass is 10.2. The second kappa shape index (κ2) is 4.06. The quantitative estimate of drug-likeness (QED) is 0.370. The number of esters is 1. The fourth-order valence-corrected chi connectivity index (χ4v) is 0.929. The Morgan fingerprint density at radius 1 is 1.58 bits per heavy atom. The van der Waals surface area contributed by atoms with E-state index < -0.39 is 18.1 Å². The predicted molar refractivity (Wildman–Crippen MR) is 39.5 cm³/mol. The molecule has 0 radical (unpaired) electrons. The van der Waals surface area contributed by atoms with Crippen molar-refractivity contribution in [3.63, 3.8) is 0 Å². The average Bonchev–Trinajstić information content (AvgIpc) is 2.31. The summed E-state index contributed by atoms with van der Waals surface area (Å²) in [4.78, 5) is 21.3. The minimum Gasteiger partial charge on any atom is -0.382 e. The van der Waals surface area contributed by atoms with Gasteiger partial charge in [-0.3, -0.25) is 0 Å². The van der Waals surface area contributed by atoms with Crippen molar-refractivity contribution < 1.29 is 19.1 Å². The van der Waals surface area contributed by atoms with Crippen molar-refractivity contribution in [3.8, 4) is 0 Å². The summed E-state index contributed by atoms with van der Waals surface area (Å²) < 4.78 is 9.28. The van der Waals surface area contributed by atoms with E-state index in [4.69, 9.17) is 4.74 Å². The highest BCUT2D eigenvalue weighted by Gasteiger charge is 2.31. The van der Waals surface area contributed by atoms with Crippen molar-refractivity contribution in [2.24, 2.45) is 0 Å². The Morgan fingerprint density at radius 2 is 2.33 bits per heavy atom. The van der Waals surface area contributed by atoms with Crippen LogP contribution in [-0.4, -0.2) is 31.3 Å². The van der Waals surface area contributed by atoms with E-state index in [1.807, 2.05) is 6.92 Å². The monoisotopic (exact) mass is 173 g/mol. The van der Waals surface area contributed by atoms with Crippen LogP contribution in [0.5, 0.6) is 0 Å². The van der Waals surface area contributed by atoms with Crippen LogP contribution in [0.2, 0.25) is 0 Å². The van der Waals surface area contributed by atoms with E-state index in [2.05, 4.69) is 10.1 Å². The molecule has 5 heteroatoms. The third-order valence-corrected chi connectivity index (χ3v) is 1.52. The largest absolute Gasteiger partial charge is 0.415 e. The molecule has 1 amide bonds. The highest BCUT2D eigenvalue weighted by molar-refractivity contribution is 5.95. The predicted octanol–water partition coefficient (Wildman–Crippen LogP) is 0.0480. The van der Waals surface area contributed by atoms with Crippen LogP contribution < -0.4 is 5.32 Å². The molecule has 0 spiro atoms. The van der Waals surface area contributed by atoms with E-state index >= 15 is 0 Å². The third-order valence-electron chi connectivity index (χ3n) is 1.52. The highest BCUT2D eigenvalue weighted by Crippen LogP contribution is 2.03. The molecule has 0 saturated carbocycles. The molecule has 1 N–H and O–H groups in total. The van der Waals surface area contributed by atoms with Crippen LogP contribution in [-0.2, 0) is 14.3 Å². The molecule has 1 aliphatic heterocycles. The number of nitrogens with one attached hydrogen (secondary N) is 1. The van der Waals surface area contributed by atoms with Crippen molar-refractivity contribution in [2.75, 3.05) is 13.2 Å². The molecule has 68 valence electrons. The van der Waals surface area contributed by atoms with Gasteiger partial charge in [-0.1, -0.05) is 0 Å². The molecule has 5 nitrogen and oxygen atoms in total. The Bertz CT molecular complexity index is 192. The van der Waals surface area contributed by atoms with E-state index in [1.165, 1.54) is 0 Å². The molecule has 12 heavy (non-hydrogen) atoms. The molecule has 1 heterocycles. The van der Waals surface area contributed by atoms with Crippen molar-refractivity contribution >= 4 is 12.1 Å². The normalized spacial score (nSPS) is 22.2. The second-order valence-electron chi connectivity index (χ2n) is 2.39. The molecular weight excluding hydrogens is 162 g/mol. The van der Waals surface area contributed by atoms with Gasteiger partial charge in [-0.25, -0.2) is 9.59 Å². The summed E-state index contributed by atoms with van der Waals surface area (Å²) in [5, 5.41) is 2.37. The van der Waals surface area contributed by atoms with E-state index in [0.29, 0.717) is 19.6 Å². The second-order valence-corrected chi connectivity index (χ2v) is 2.39. The van der Waals surface area contributed by atoms with Gasteiger partial charge in [-0.05, 0) is 6.92 Å². The first-order valence-corrected chi connectivity index (χ1v) is 3.84. The number of rotatable bonds is 4. The number of alkyl carbamates (subject to hydrolysis) is 1. The molecule has 1 rings (SSSR count). The summed E-state index contributed by atoms with van der Waals surface area (Å²) in [6.45, 7) is 2.93. The summed E-state index contributed by atoms with van der Waals surface area (Å²) >= 11 is 0. The van der Waals surface area contributed by atoms with Gasteiger partial charge >= 0.3 is 12.1 Å². The maximum Gasteiger partial charge on any atom is 0.415 e. The van der Waals surface area contributed by atoms with Crippen LogP contribution in [0.4, 0.5) is 4.79 Å². The van der Waals surface area contributed by atoms with Crippen LogP contribution >= 0.6 is 0 Å². The summed E-state index contributed by atoms with van der Waals surface area (Å²) in [7, 11) is 0. The van der Waals surface area contributed by atoms with Gasteiger partial charge in [0, 0.05) is 19.6 Å². The first-order valence-electron chi connectivity index (χ1n) is 3.84. The number of hydrogen-bond acceptors (Lipinski definition) is 4. The molecule has 1 fully saturated rings. The van der Waals surface area contributed by atoms with Gasteiger partial charge in [0.15, 0.2) is 0 Å². The fourth-order valence-electron chi connectivity index (χ4n) is 0.929. The van der Waals surface area contributed by atoms with E-state index in [-0.39, 0.29) is 0 Å². The molecule has 0 aromatic carbocycles. The number of carbonyl (C=O) groups excluding carboxylic acids is 2. The molecule has 0 unspecified atom stereocenters. The zero-order valence-electron chi connectivity index (χ0n) is 6.83. The Balaban J connectivity index is 2.24. The molecule has 1 saturated heterocycles. The standard InChI is InChI=1S/C7H11NO4/c1-2-11-4-3-5-6(9)12-7(10)8-5/h5H,2-4H2,1H3,(H,8,10)/t5-/m0/s1. The third kappa shape index (κ3) is 2.20. The Morgan fingerprint density at radius 3 is 2.83 bits per heavy atom. The highest BCUT2D eigenvalue weighted by atomic mass is 16.6. The van der Waals surface area contributed by atoms with Crippen molar-refractivity contribution in [3.05, 3.63) is 0 Å². The Hall–Kier alpha value is -1.10. The zero-order chi connectivity index (χ0) is 8.97. The van der Waals surface area contributed by atoms with Crippen LogP contribution in [0.3, 0.4) is 0 Å². The van der Waals surface area contributed by atoms with Gasteiger partial charge in [0.25, 0.3) is 0 Å². The minimum atomic E-state index is -0.665. The van der Waals surface area contributed by atoms with E-state index in [9.17, 15) is 9.59 Å². The maximum absolute atomic E-state index is 10.8. The van der Waals surface area contributed by atoms with Crippen LogP contribution in [0.25, 0.3) is 0 Å². The molecule has 0 bridgehead atoms. The molecule has 1 aliphatic rings. The number of carbonyl (C=O) groups is 2. The SMILES string of the molecule is CCOCC[C@@H]1NC(=O)OC1=O. The molecular formula is C7H11NO4. The smallest absolute Gasteiger partial charge is 0.382 e. The fraction of sp³-hybridized carbons (Fsp3) is 0.714. The first kappa shape index (κ1) is 8.99. The van der Waals surface area contributed by atoms with Gasteiger partial charge in [0.2, 0.25) is 0 Å². The zero-order valence-corrected chi connectivity index (χ0v) is 6.83. The Labute approximate surface area is 70.0 Å². The average molecular weight is 173 g/mol. The van der Waals surface area contributed by atoms with Crippen LogP contribution in [0.15, 0.2) is 0 Å². The van der Waals surface area contributed by atoms with Crippen LogP contribution in [0.1, 0.15) is 13.3 Å². The van der Waals surface area contributed by atoms with E-state index in [1.54, 1.807) is 0 Å². The summed E-state index contributed by atoms with van der Waals surface area (Å²) in [5.41, 5.74) is 0. The minimum absolute atomic E-state index is 0.455. The van der Waals surface area contributed by atoms with Gasteiger partial charge in [-0.15, -0.1) is 0 Å². The lowest BCUT2D eigenvalue weighted by Gasteiger charge is -2.04. The number of hydrogen-bond donors (Lipinski definition) is 1. The number of amides is 1. The molecule has 0 aromatic heterocycles. The summed E-state index contributed by atoms with van der Waals surface area (Å²) in [5.74, 6) is -0.514. The first-order chi connectivity index (χ1) is 5.74. The van der Waals surface area contributed by atoms with Crippen LogP contribution in [0, 0.1) is 0 Å². The summed E-state index contributed by atoms with van der Waals surface area (Å²) in [6.07, 6.45) is -0.195. The lowest BCUT2D eigenvalue weighted by Crippen LogP contribution is -2.29. The maximum atomic E-state index is 10.8. The van der Waals surface area contributed by atoms with Gasteiger partial charge in [-0.2, -0.15) is 0 Å². The molecule has 0 aromatic rings. The van der Waals surface area contributed by atoms with E-state index in [0.717, 1.165) is 0 Å². The van der Waals surface area contributed by atoms with Crippen molar-refractivity contribution in [1.82, 2.24) is 5.32 Å². The molecule has 0 aliphatic carbocycles. The Kier molecular flexibility index (Phi) is 3.04. The topological polar surface area (TPSA) is 64.6 Å². The van der Waals surface area contributed by atoms with Gasteiger partial charge in [0.05, 0.1) is 0 Å². The van der Waals surface area contributed by atoms with Crippen molar-refractivity contribution in [2.45, 2.75) is 19.4 Å². The van der Waals surface area contributed by atoms with Gasteiger partial charge in [0.1, 0.15) is 6.04 Å². The number of cyclic esters (lactones) is 2.